The summed E-state index contributed by atoms with van der Waals surface area (Å²) < 4.78 is 27.9. The summed E-state index contributed by atoms with van der Waals surface area (Å²) in [7, 11) is -3.86. The summed E-state index contributed by atoms with van der Waals surface area (Å²) in [4.78, 5) is 18.3. The number of carboxylic acids is 1. The lowest BCUT2D eigenvalue weighted by Gasteiger charge is -2.29. The van der Waals surface area contributed by atoms with Crippen LogP contribution < -0.4 is 9.62 Å². The molecule has 0 atom stereocenters. The first-order valence-electron chi connectivity index (χ1n) is 10.6. The number of carboxylic acid groups (broad SMARTS) is 1. The smallest absolute Gasteiger partial charge is 0.339 e. The Morgan fingerprint density at radius 3 is 2.55 bits per heavy atom. The third kappa shape index (κ3) is 4.90. The highest BCUT2D eigenvalue weighted by atomic mass is 32.2. The molecule has 0 saturated heterocycles. The van der Waals surface area contributed by atoms with Gasteiger partial charge in [-0.3, -0.25) is 4.72 Å². The number of carbonyl (C=O) groups is 1. The van der Waals surface area contributed by atoms with Gasteiger partial charge in [-0.2, -0.15) is 0 Å². The topological polar surface area (TPSA) is 99.6 Å². The summed E-state index contributed by atoms with van der Waals surface area (Å²) in [6, 6.07) is 16.0. The highest BCUT2D eigenvalue weighted by molar-refractivity contribution is 7.92. The van der Waals surface area contributed by atoms with E-state index in [0.29, 0.717) is 18.9 Å². The first kappa shape index (κ1) is 22.5. The van der Waals surface area contributed by atoms with Gasteiger partial charge in [0, 0.05) is 13.1 Å². The minimum atomic E-state index is -3.86. The molecule has 0 radical (unpaired) electrons. The molecule has 7 nitrogen and oxygen atoms in total. The van der Waals surface area contributed by atoms with Crippen molar-refractivity contribution in [1.29, 1.82) is 0 Å². The molecule has 3 aromatic rings. The van der Waals surface area contributed by atoms with Crippen molar-refractivity contribution in [2.24, 2.45) is 0 Å². The average Bonchev–Trinajstić information content (AvgIpc) is 2.79. The molecule has 1 aliphatic rings. The quantitative estimate of drug-likeness (QED) is 0.559. The predicted octanol–water partition coefficient (Wildman–Crippen LogP) is 4.49. The Bertz CT molecular complexity index is 1350. The van der Waals surface area contributed by atoms with Crippen LogP contribution in [0.15, 0.2) is 71.8 Å². The Kier molecular flexibility index (Phi) is 6.20. The number of aryl methyl sites for hydroxylation is 2. The van der Waals surface area contributed by atoms with E-state index in [1.165, 1.54) is 35.0 Å². The van der Waals surface area contributed by atoms with Crippen molar-refractivity contribution in [1.82, 2.24) is 4.98 Å². The first-order valence-corrected chi connectivity index (χ1v) is 12.1. The van der Waals surface area contributed by atoms with E-state index in [0.717, 1.165) is 12.0 Å². The molecular formula is C25H25N3O4S. The van der Waals surface area contributed by atoms with Crippen molar-refractivity contribution < 1.29 is 18.3 Å². The van der Waals surface area contributed by atoms with Crippen LogP contribution in [-0.4, -0.2) is 37.6 Å². The molecule has 0 saturated carbocycles. The average molecular weight is 464 g/mol. The highest BCUT2D eigenvalue weighted by Crippen LogP contribution is 2.29. The van der Waals surface area contributed by atoms with Crippen LogP contribution in [0.3, 0.4) is 0 Å². The van der Waals surface area contributed by atoms with E-state index in [4.69, 9.17) is 0 Å². The van der Waals surface area contributed by atoms with Gasteiger partial charge in [-0.25, -0.2) is 18.2 Å². The second-order valence-corrected chi connectivity index (χ2v) is 9.75. The molecule has 0 fully saturated rings. The van der Waals surface area contributed by atoms with Gasteiger partial charge in [0.05, 0.1) is 16.8 Å². The fourth-order valence-corrected chi connectivity index (χ4v) is 5.10. The number of aromatic carboxylic acids is 1. The van der Waals surface area contributed by atoms with Gasteiger partial charge in [0.2, 0.25) is 0 Å². The lowest BCUT2D eigenvalue weighted by Crippen LogP contribution is -2.31. The van der Waals surface area contributed by atoms with E-state index in [1.807, 2.05) is 17.0 Å². The zero-order valence-corrected chi connectivity index (χ0v) is 19.3. The molecule has 1 aliphatic heterocycles. The number of pyridine rings is 1. The maximum atomic E-state index is 12.7. The summed E-state index contributed by atoms with van der Waals surface area (Å²) in [5, 5.41) is 9.78. The molecule has 170 valence electrons. The SMILES string of the molecule is Cc1cccc(S(=O)(=O)Nc2cnc(N3CC=C(c4ccccc4C)CC3)c(C(=O)O)c2)c1. The zero-order chi connectivity index (χ0) is 23.6. The van der Waals surface area contributed by atoms with Crippen molar-refractivity contribution in [2.75, 3.05) is 22.7 Å². The molecule has 2 aromatic carbocycles. The van der Waals surface area contributed by atoms with Crippen LogP contribution in [-0.2, 0) is 10.0 Å². The van der Waals surface area contributed by atoms with Crippen LogP contribution in [0.4, 0.5) is 11.5 Å². The van der Waals surface area contributed by atoms with Gasteiger partial charge in [-0.1, -0.05) is 42.5 Å². The van der Waals surface area contributed by atoms with Crippen molar-refractivity contribution in [3.8, 4) is 0 Å². The monoisotopic (exact) mass is 463 g/mol. The summed E-state index contributed by atoms with van der Waals surface area (Å²) in [5.41, 5.74) is 4.49. The first-order chi connectivity index (χ1) is 15.7. The molecule has 0 bridgehead atoms. The van der Waals surface area contributed by atoms with Crippen LogP contribution in [0, 0.1) is 13.8 Å². The summed E-state index contributed by atoms with van der Waals surface area (Å²) in [6.45, 7) is 5.01. The predicted molar refractivity (Wildman–Crippen MR) is 129 cm³/mol. The van der Waals surface area contributed by atoms with Gasteiger partial charge in [0.25, 0.3) is 10.0 Å². The van der Waals surface area contributed by atoms with E-state index in [9.17, 15) is 18.3 Å². The molecule has 1 aromatic heterocycles. The maximum Gasteiger partial charge on any atom is 0.339 e. The van der Waals surface area contributed by atoms with Gasteiger partial charge >= 0.3 is 5.97 Å². The van der Waals surface area contributed by atoms with Crippen LogP contribution in [0.2, 0.25) is 0 Å². The second-order valence-electron chi connectivity index (χ2n) is 8.06. The number of aromatic nitrogens is 1. The Labute approximate surface area is 193 Å². The summed E-state index contributed by atoms with van der Waals surface area (Å²) in [5.74, 6) is -0.844. The van der Waals surface area contributed by atoms with Gasteiger partial charge in [0.15, 0.2) is 0 Å². The van der Waals surface area contributed by atoms with Crippen LogP contribution in [0.25, 0.3) is 5.57 Å². The second kappa shape index (κ2) is 9.07. The summed E-state index contributed by atoms with van der Waals surface area (Å²) >= 11 is 0. The number of nitrogens with zero attached hydrogens (tertiary/aromatic N) is 2. The fraction of sp³-hybridized carbons (Fsp3) is 0.200. The normalized spacial score (nSPS) is 14.0. The fourth-order valence-electron chi connectivity index (χ4n) is 3.96. The minimum Gasteiger partial charge on any atom is -0.478 e. The zero-order valence-electron chi connectivity index (χ0n) is 18.4. The lowest BCUT2D eigenvalue weighted by molar-refractivity contribution is 0.0697. The van der Waals surface area contributed by atoms with E-state index in [2.05, 4.69) is 34.8 Å². The third-order valence-corrected chi connectivity index (χ3v) is 7.03. The Morgan fingerprint density at radius 1 is 1.09 bits per heavy atom. The van der Waals surface area contributed by atoms with E-state index in [1.54, 1.807) is 25.1 Å². The standard InChI is InChI=1S/C25H25N3O4S/c1-17-6-5-8-21(14-17)33(31,32)27-20-15-23(25(29)30)24(26-16-20)28-12-10-19(11-13-28)22-9-4-3-7-18(22)2/h3-10,14-16,27H,11-13H2,1-2H3,(H,29,30). The molecule has 0 amide bonds. The van der Waals surface area contributed by atoms with E-state index >= 15 is 0 Å². The van der Waals surface area contributed by atoms with Crippen molar-refractivity contribution in [3.05, 3.63) is 89.1 Å². The van der Waals surface area contributed by atoms with E-state index < -0.39 is 16.0 Å². The number of anilines is 2. The third-order valence-electron chi connectivity index (χ3n) is 5.65. The van der Waals surface area contributed by atoms with Crippen LogP contribution in [0.1, 0.15) is 33.5 Å². The molecular weight excluding hydrogens is 438 g/mol. The van der Waals surface area contributed by atoms with Gasteiger partial charge < -0.3 is 10.0 Å². The molecule has 0 aliphatic carbocycles. The Morgan fingerprint density at radius 2 is 1.88 bits per heavy atom. The summed E-state index contributed by atoms with van der Waals surface area (Å²) in [6.07, 6.45) is 4.20. The molecule has 2 heterocycles. The molecule has 4 rings (SSSR count). The van der Waals surface area contributed by atoms with Crippen molar-refractivity contribution in [3.63, 3.8) is 0 Å². The van der Waals surface area contributed by atoms with Gasteiger partial charge in [-0.05, 0) is 60.7 Å². The van der Waals surface area contributed by atoms with E-state index in [-0.39, 0.29) is 16.1 Å². The molecule has 0 unspecified atom stereocenters. The van der Waals surface area contributed by atoms with Gasteiger partial charge in [0.1, 0.15) is 11.4 Å². The van der Waals surface area contributed by atoms with Gasteiger partial charge in [-0.15, -0.1) is 0 Å². The lowest BCUT2D eigenvalue weighted by atomic mass is 9.95. The molecule has 33 heavy (non-hydrogen) atoms. The minimum absolute atomic E-state index is 0.0489. The largest absolute Gasteiger partial charge is 0.478 e. The maximum absolute atomic E-state index is 12.7. The Hall–Kier alpha value is -3.65. The number of nitrogens with one attached hydrogen (secondary N) is 1. The number of hydrogen-bond acceptors (Lipinski definition) is 5. The highest BCUT2D eigenvalue weighted by Gasteiger charge is 2.23. The Balaban J connectivity index is 1.58. The molecule has 2 N–H and O–H groups in total. The molecule has 0 spiro atoms. The number of sulfonamides is 1. The van der Waals surface area contributed by atoms with Crippen molar-refractivity contribution >= 4 is 33.1 Å². The number of rotatable bonds is 6. The van der Waals surface area contributed by atoms with Crippen molar-refractivity contribution in [2.45, 2.75) is 25.2 Å². The van der Waals surface area contributed by atoms with Crippen LogP contribution in [0.5, 0.6) is 0 Å². The number of benzene rings is 2. The number of hydrogen-bond donors (Lipinski definition) is 2. The molecule has 8 heteroatoms. The van der Waals surface area contributed by atoms with Crippen LogP contribution >= 0.6 is 0 Å².